The average Bonchev–Trinajstić information content (AvgIpc) is 3.08. The van der Waals surface area contributed by atoms with Crippen molar-refractivity contribution >= 4 is 17.5 Å². The zero-order chi connectivity index (χ0) is 18.3. The second-order valence-electron chi connectivity index (χ2n) is 5.73. The number of rotatable bonds is 3. The van der Waals surface area contributed by atoms with Gasteiger partial charge >= 0.3 is 5.97 Å². The summed E-state index contributed by atoms with van der Waals surface area (Å²) in [6.45, 7) is 1.87. The summed E-state index contributed by atoms with van der Waals surface area (Å²) in [5.74, 6) is -2.08. The molecule has 0 atom stereocenters. The number of nitrogens with zero attached hydrogens (tertiary/aromatic N) is 2. The lowest BCUT2D eigenvalue weighted by molar-refractivity contribution is 0.0521. The van der Waals surface area contributed by atoms with Crippen LogP contribution in [0, 0.1) is 0 Å². The summed E-state index contributed by atoms with van der Waals surface area (Å²) in [4.78, 5) is 41.6. The number of ketones is 2. The number of hydrogen-bond acceptors (Lipinski definition) is 5. The Bertz CT molecular complexity index is 1050. The number of carbonyl (C=O) groups is 3. The quantitative estimate of drug-likeness (QED) is 0.538. The molecule has 0 amide bonds. The standard InChI is InChI=1S/C20H14N2O4/c1-2-26-20(25)15-16(12-8-4-3-5-9-12)22-14-11-7-6-10-13(14)17(23)18(24)19(22)21-15/h3-11H,2H2,1H3. The van der Waals surface area contributed by atoms with Crippen LogP contribution in [0.4, 0.5) is 0 Å². The van der Waals surface area contributed by atoms with E-state index in [9.17, 15) is 14.4 Å². The van der Waals surface area contributed by atoms with Gasteiger partial charge in [-0.15, -0.1) is 0 Å². The van der Waals surface area contributed by atoms with Crippen LogP contribution < -0.4 is 0 Å². The van der Waals surface area contributed by atoms with Crippen molar-refractivity contribution in [1.82, 2.24) is 9.55 Å². The van der Waals surface area contributed by atoms with Gasteiger partial charge in [0.15, 0.2) is 11.5 Å². The number of fused-ring (bicyclic) bond motifs is 3. The molecule has 0 N–H and O–H groups in total. The van der Waals surface area contributed by atoms with Gasteiger partial charge in [-0.2, -0.15) is 0 Å². The molecule has 1 aliphatic rings. The molecule has 0 saturated carbocycles. The molecular formula is C20H14N2O4. The first-order valence-electron chi connectivity index (χ1n) is 8.17. The lowest BCUT2D eigenvalue weighted by Crippen LogP contribution is -2.26. The highest BCUT2D eigenvalue weighted by molar-refractivity contribution is 6.50. The zero-order valence-electron chi connectivity index (χ0n) is 13.9. The highest BCUT2D eigenvalue weighted by Crippen LogP contribution is 2.34. The van der Waals surface area contributed by atoms with E-state index in [0.717, 1.165) is 0 Å². The first-order chi connectivity index (χ1) is 12.6. The first-order valence-corrected chi connectivity index (χ1v) is 8.17. The number of imidazole rings is 1. The molecular weight excluding hydrogens is 332 g/mol. The van der Waals surface area contributed by atoms with Crippen molar-refractivity contribution in [2.45, 2.75) is 6.92 Å². The number of esters is 1. The SMILES string of the molecule is CCOC(=O)c1nc2n(c1-c1ccccc1)-c1ccccc1C(=O)C2=O. The molecule has 3 aromatic rings. The van der Waals surface area contributed by atoms with Crippen LogP contribution >= 0.6 is 0 Å². The van der Waals surface area contributed by atoms with E-state index in [4.69, 9.17) is 4.74 Å². The largest absolute Gasteiger partial charge is 0.461 e. The van der Waals surface area contributed by atoms with E-state index < -0.39 is 17.5 Å². The maximum absolute atomic E-state index is 12.6. The summed E-state index contributed by atoms with van der Waals surface area (Å²) in [5, 5.41) is 0. The molecule has 1 aliphatic heterocycles. The van der Waals surface area contributed by atoms with Crippen molar-refractivity contribution in [2.75, 3.05) is 6.61 Å². The maximum Gasteiger partial charge on any atom is 0.359 e. The van der Waals surface area contributed by atoms with Crippen LogP contribution in [0.3, 0.4) is 0 Å². The van der Waals surface area contributed by atoms with Gasteiger partial charge in [0.2, 0.25) is 5.78 Å². The van der Waals surface area contributed by atoms with Crippen molar-refractivity contribution in [3.63, 3.8) is 0 Å². The van der Waals surface area contributed by atoms with Crippen LogP contribution in [-0.4, -0.2) is 33.7 Å². The van der Waals surface area contributed by atoms with E-state index >= 15 is 0 Å². The van der Waals surface area contributed by atoms with Gasteiger partial charge < -0.3 is 4.74 Å². The Morgan fingerprint density at radius 2 is 1.69 bits per heavy atom. The molecule has 26 heavy (non-hydrogen) atoms. The third-order valence-corrected chi connectivity index (χ3v) is 4.19. The van der Waals surface area contributed by atoms with Gasteiger partial charge in [-0.3, -0.25) is 14.2 Å². The third kappa shape index (κ3) is 2.27. The minimum atomic E-state index is -0.739. The van der Waals surface area contributed by atoms with Gasteiger partial charge in [0.05, 0.1) is 23.6 Å². The molecule has 4 rings (SSSR count). The van der Waals surface area contributed by atoms with Gasteiger partial charge in [-0.1, -0.05) is 42.5 Å². The number of Topliss-reactive ketones (excluding diaryl/α,β-unsaturated/α-hetero) is 2. The Kier molecular flexibility index (Phi) is 3.73. The molecule has 6 heteroatoms. The van der Waals surface area contributed by atoms with Crippen LogP contribution in [0.5, 0.6) is 0 Å². The second-order valence-corrected chi connectivity index (χ2v) is 5.73. The Labute approximate surface area is 149 Å². The normalized spacial score (nSPS) is 12.5. The van der Waals surface area contributed by atoms with Crippen LogP contribution in [-0.2, 0) is 4.74 Å². The molecule has 2 aromatic carbocycles. The highest BCUT2D eigenvalue weighted by atomic mass is 16.5. The average molecular weight is 346 g/mol. The summed E-state index contributed by atoms with van der Waals surface area (Å²) in [5.41, 5.74) is 1.97. The monoisotopic (exact) mass is 346 g/mol. The number of carbonyl (C=O) groups excluding carboxylic acids is 3. The molecule has 2 heterocycles. The lowest BCUT2D eigenvalue weighted by Gasteiger charge is -2.18. The molecule has 0 unspecified atom stereocenters. The summed E-state index contributed by atoms with van der Waals surface area (Å²) in [6, 6.07) is 15.9. The number of aromatic nitrogens is 2. The predicted octanol–water partition coefficient (Wildman–Crippen LogP) is 3.10. The van der Waals surface area contributed by atoms with Crippen LogP contribution in [0.15, 0.2) is 54.6 Å². The number of hydrogen-bond donors (Lipinski definition) is 0. The van der Waals surface area contributed by atoms with Crippen LogP contribution in [0.25, 0.3) is 16.9 Å². The summed E-state index contributed by atoms with van der Waals surface area (Å²) < 4.78 is 6.68. The van der Waals surface area contributed by atoms with Gasteiger partial charge in [-0.25, -0.2) is 9.78 Å². The van der Waals surface area contributed by atoms with Crippen molar-refractivity contribution in [2.24, 2.45) is 0 Å². The van der Waals surface area contributed by atoms with Crippen LogP contribution in [0.1, 0.15) is 38.4 Å². The fourth-order valence-electron chi connectivity index (χ4n) is 3.10. The maximum atomic E-state index is 12.6. The highest BCUT2D eigenvalue weighted by Gasteiger charge is 2.37. The van der Waals surface area contributed by atoms with Crippen molar-refractivity contribution in [3.8, 4) is 16.9 Å². The molecule has 128 valence electrons. The zero-order valence-corrected chi connectivity index (χ0v) is 13.9. The molecule has 6 nitrogen and oxygen atoms in total. The topological polar surface area (TPSA) is 78.3 Å². The fraction of sp³-hybridized carbons (Fsp3) is 0.100. The number of benzene rings is 2. The van der Waals surface area contributed by atoms with E-state index in [1.54, 1.807) is 35.8 Å². The molecule has 0 radical (unpaired) electrons. The number of ether oxygens (including phenoxy) is 1. The summed E-state index contributed by atoms with van der Waals surface area (Å²) >= 11 is 0. The molecule has 0 aliphatic carbocycles. The Morgan fingerprint density at radius 1 is 1.00 bits per heavy atom. The van der Waals surface area contributed by atoms with E-state index in [-0.39, 0.29) is 23.7 Å². The molecule has 0 fully saturated rings. The van der Waals surface area contributed by atoms with Crippen LogP contribution in [0.2, 0.25) is 0 Å². The van der Waals surface area contributed by atoms with E-state index in [1.165, 1.54) is 0 Å². The van der Waals surface area contributed by atoms with E-state index in [1.807, 2.05) is 30.3 Å². The van der Waals surface area contributed by atoms with Gasteiger partial charge in [0.25, 0.3) is 5.78 Å². The Morgan fingerprint density at radius 3 is 2.42 bits per heavy atom. The molecule has 0 saturated heterocycles. The Balaban J connectivity index is 2.08. The molecule has 1 aromatic heterocycles. The van der Waals surface area contributed by atoms with Gasteiger partial charge in [0, 0.05) is 5.56 Å². The number of para-hydroxylation sites is 1. The minimum absolute atomic E-state index is 0.0194. The van der Waals surface area contributed by atoms with Crippen molar-refractivity contribution in [3.05, 3.63) is 71.7 Å². The summed E-state index contributed by atoms with van der Waals surface area (Å²) in [6.07, 6.45) is 0. The van der Waals surface area contributed by atoms with Crippen molar-refractivity contribution in [1.29, 1.82) is 0 Å². The third-order valence-electron chi connectivity index (χ3n) is 4.19. The molecule has 0 bridgehead atoms. The second kappa shape index (κ2) is 6.07. The lowest BCUT2D eigenvalue weighted by atomic mass is 10.00. The first kappa shape index (κ1) is 16.0. The Hall–Kier alpha value is -3.54. The minimum Gasteiger partial charge on any atom is -0.461 e. The molecule has 0 spiro atoms. The predicted molar refractivity (Wildman–Crippen MR) is 93.6 cm³/mol. The van der Waals surface area contributed by atoms with Crippen molar-refractivity contribution < 1.29 is 19.1 Å². The van der Waals surface area contributed by atoms with E-state index in [2.05, 4.69) is 4.98 Å². The smallest absolute Gasteiger partial charge is 0.359 e. The summed E-state index contributed by atoms with van der Waals surface area (Å²) in [7, 11) is 0. The fourth-order valence-corrected chi connectivity index (χ4v) is 3.10. The van der Waals surface area contributed by atoms with Gasteiger partial charge in [-0.05, 0) is 19.1 Å². The van der Waals surface area contributed by atoms with E-state index in [0.29, 0.717) is 16.9 Å². The van der Waals surface area contributed by atoms with Gasteiger partial charge in [0.1, 0.15) is 0 Å².